The molecule has 0 aromatic rings. The molecule has 1 atom stereocenters. The van der Waals surface area contributed by atoms with Crippen molar-refractivity contribution in [1.29, 1.82) is 0 Å². The highest BCUT2D eigenvalue weighted by Crippen LogP contribution is 2.23. The summed E-state index contributed by atoms with van der Waals surface area (Å²) < 4.78 is 0. The zero-order valence-electron chi connectivity index (χ0n) is 10.9. The van der Waals surface area contributed by atoms with Crippen molar-refractivity contribution in [3.05, 3.63) is 0 Å². The number of hydrogen-bond acceptors (Lipinski definition) is 3. The van der Waals surface area contributed by atoms with Gasteiger partial charge in [0.05, 0.1) is 0 Å². The molecule has 2 rings (SSSR count). The molecular formula is C13H20N2O4. The highest BCUT2D eigenvalue weighted by molar-refractivity contribution is 5.90. The van der Waals surface area contributed by atoms with Crippen molar-refractivity contribution in [2.45, 2.75) is 44.6 Å². The summed E-state index contributed by atoms with van der Waals surface area (Å²) in [6.45, 7) is 1.35. The van der Waals surface area contributed by atoms with E-state index in [0.29, 0.717) is 38.3 Å². The molecule has 2 heterocycles. The molecule has 2 fully saturated rings. The molecule has 2 aliphatic rings. The third-order valence-electron chi connectivity index (χ3n) is 3.99. The number of likely N-dealkylation sites (tertiary alicyclic amines) is 1. The molecule has 0 aromatic heterocycles. The minimum atomic E-state index is -0.757. The summed E-state index contributed by atoms with van der Waals surface area (Å²) in [6.07, 6.45) is 3.65. The van der Waals surface area contributed by atoms with Gasteiger partial charge in [-0.3, -0.25) is 14.4 Å². The third-order valence-corrected chi connectivity index (χ3v) is 3.99. The maximum absolute atomic E-state index is 12.1. The second-order valence-corrected chi connectivity index (χ2v) is 5.36. The lowest BCUT2D eigenvalue weighted by Gasteiger charge is -2.33. The fourth-order valence-corrected chi connectivity index (χ4v) is 2.79. The molecule has 19 heavy (non-hydrogen) atoms. The molecule has 2 saturated heterocycles. The van der Waals surface area contributed by atoms with Gasteiger partial charge in [0.2, 0.25) is 11.8 Å². The van der Waals surface area contributed by atoms with Crippen molar-refractivity contribution >= 4 is 17.8 Å². The van der Waals surface area contributed by atoms with Crippen molar-refractivity contribution in [3.8, 4) is 0 Å². The molecule has 6 heteroatoms. The predicted molar refractivity (Wildman–Crippen MR) is 67.3 cm³/mol. The molecule has 0 spiro atoms. The van der Waals surface area contributed by atoms with Gasteiger partial charge in [0.1, 0.15) is 6.04 Å². The van der Waals surface area contributed by atoms with Crippen LogP contribution in [0.25, 0.3) is 0 Å². The molecule has 0 unspecified atom stereocenters. The van der Waals surface area contributed by atoms with Crippen LogP contribution >= 0.6 is 0 Å². The van der Waals surface area contributed by atoms with E-state index in [1.54, 1.807) is 4.90 Å². The van der Waals surface area contributed by atoms with Gasteiger partial charge in [0.25, 0.3) is 0 Å². The first-order valence-electron chi connectivity index (χ1n) is 6.86. The van der Waals surface area contributed by atoms with Crippen molar-refractivity contribution in [2.24, 2.45) is 5.92 Å². The number of carboxylic acid groups (broad SMARTS) is 1. The van der Waals surface area contributed by atoms with Crippen LogP contribution in [0, 0.1) is 5.92 Å². The van der Waals surface area contributed by atoms with Crippen molar-refractivity contribution in [2.75, 3.05) is 13.1 Å². The molecule has 2 aliphatic heterocycles. The van der Waals surface area contributed by atoms with Gasteiger partial charge < -0.3 is 15.3 Å². The summed E-state index contributed by atoms with van der Waals surface area (Å²) in [5.74, 6) is -0.386. The number of aliphatic carboxylic acids is 1. The minimum absolute atomic E-state index is 0.0162. The van der Waals surface area contributed by atoms with Crippen LogP contribution in [0.1, 0.15) is 38.5 Å². The van der Waals surface area contributed by atoms with Gasteiger partial charge in [-0.1, -0.05) is 0 Å². The average Bonchev–Trinajstić information content (AvgIpc) is 2.83. The Labute approximate surface area is 112 Å². The Morgan fingerprint density at radius 1 is 1.26 bits per heavy atom. The van der Waals surface area contributed by atoms with Gasteiger partial charge in [0, 0.05) is 25.9 Å². The molecular weight excluding hydrogens is 248 g/mol. The maximum atomic E-state index is 12.1. The number of amides is 2. The quantitative estimate of drug-likeness (QED) is 0.771. The third kappa shape index (κ3) is 3.68. The second kappa shape index (κ2) is 6.04. The number of carbonyl (C=O) groups is 3. The Kier molecular flexibility index (Phi) is 4.39. The maximum Gasteiger partial charge on any atom is 0.303 e. The molecule has 0 radical (unpaired) electrons. The molecule has 106 valence electrons. The van der Waals surface area contributed by atoms with E-state index in [-0.39, 0.29) is 24.3 Å². The first-order valence-corrected chi connectivity index (χ1v) is 6.86. The summed E-state index contributed by atoms with van der Waals surface area (Å²) in [4.78, 5) is 35.6. The first kappa shape index (κ1) is 13.8. The lowest BCUT2D eigenvalue weighted by atomic mass is 9.92. The molecule has 0 bridgehead atoms. The van der Waals surface area contributed by atoms with Gasteiger partial charge in [-0.25, -0.2) is 0 Å². The fourth-order valence-electron chi connectivity index (χ4n) is 2.79. The highest BCUT2D eigenvalue weighted by atomic mass is 16.4. The van der Waals surface area contributed by atoms with E-state index in [1.807, 2.05) is 0 Å². The van der Waals surface area contributed by atoms with Crippen LogP contribution in [0.15, 0.2) is 0 Å². The van der Waals surface area contributed by atoms with E-state index in [9.17, 15) is 14.4 Å². The SMILES string of the molecule is O=C(O)CCC1CCN(C(=O)[C@H]2CCC(=O)N2)CC1. The Balaban J connectivity index is 1.75. The van der Waals surface area contributed by atoms with Crippen molar-refractivity contribution in [3.63, 3.8) is 0 Å². The smallest absolute Gasteiger partial charge is 0.303 e. The number of rotatable bonds is 4. The number of nitrogens with one attached hydrogen (secondary N) is 1. The number of hydrogen-bond donors (Lipinski definition) is 2. The lowest BCUT2D eigenvalue weighted by molar-refractivity contribution is -0.138. The minimum Gasteiger partial charge on any atom is -0.481 e. The Bertz CT molecular complexity index is 375. The molecule has 0 aliphatic carbocycles. The van der Waals surface area contributed by atoms with Crippen molar-refractivity contribution in [1.82, 2.24) is 10.2 Å². The average molecular weight is 268 g/mol. The molecule has 6 nitrogen and oxygen atoms in total. The zero-order valence-corrected chi connectivity index (χ0v) is 10.9. The number of carbonyl (C=O) groups excluding carboxylic acids is 2. The summed E-state index contributed by atoms with van der Waals surface area (Å²) in [7, 11) is 0. The summed E-state index contributed by atoms with van der Waals surface area (Å²) >= 11 is 0. The van der Waals surface area contributed by atoms with Crippen molar-refractivity contribution < 1.29 is 19.5 Å². The highest BCUT2D eigenvalue weighted by Gasteiger charge is 2.32. The first-order chi connectivity index (χ1) is 9.06. The van der Waals surface area contributed by atoms with Gasteiger partial charge >= 0.3 is 5.97 Å². The monoisotopic (exact) mass is 268 g/mol. The second-order valence-electron chi connectivity index (χ2n) is 5.36. The van der Waals surface area contributed by atoms with Crippen LogP contribution in [0.3, 0.4) is 0 Å². The van der Waals surface area contributed by atoms with E-state index in [0.717, 1.165) is 12.8 Å². The normalized spacial score (nSPS) is 24.3. The number of carboxylic acids is 1. The largest absolute Gasteiger partial charge is 0.481 e. The topological polar surface area (TPSA) is 86.7 Å². The van der Waals surface area contributed by atoms with Crippen LogP contribution in [-0.4, -0.2) is 46.9 Å². The molecule has 2 amide bonds. The summed E-state index contributed by atoms with van der Waals surface area (Å²) in [6, 6.07) is -0.344. The Hall–Kier alpha value is -1.59. The van der Waals surface area contributed by atoms with Crippen LogP contribution in [-0.2, 0) is 14.4 Å². The Morgan fingerprint density at radius 3 is 2.47 bits per heavy atom. The molecule has 2 N–H and O–H groups in total. The van der Waals surface area contributed by atoms with E-state index < -0.39 is 5.97 Å². The van der Waals surface area contributed by atoms with E-state index >= 15 is 0 Å². The number of piperidine rings is 1. The zero-order chi connectivity index (χ0) is 13.8. The molecule has 0 aromatic carbocycles. The fraction of sp³-hybridized carbons (Fsp3) is 0.769. The van der Waals surface area contributed by atoms with Gasteiger partial charge in [0.15, 0.2) is 0 Å². The van der Waals surface area contributed by atoms with E-state index in [1.165, 1.54) is 0 Å². The predicted octanol–water partition coefficient (Wildman–Crippen LogP) is 0.368. The Morgan fingerprint density at radius 2 is 1.95 bits per heavy atom. The number of nitrogens with zero attached hydrogens (tertiary/aromatic N) is 1. The van der Waals surface area contributed by atoms with Crippen LogP contribution in [0.5, 0.6) is 0 Å². The standard InChI is InChI=1S/C13H20N2O4/c16-11-3-2-10(14-11)13(19)15-7-5-9(6-8-15)1-4-12(17)18/h9-10H,1-8H2,(H,14,16)(H,17,18)/t10-/m1/s1. The summed E-state index contributed by atoms with van der Waals surface area (Å²) in [5.41, 5.74) is 0. The van der Waals surface area contributed by atoms with Gasteiger partial charge in [-0.05, 0) is 31.6 Å². The van der Waals surface area contributed by atoms with Crippen LogP contribution in [0.4, 0.5) is 0 Å². The van der Waals surface area contributed by atoms with E-state index in [2.05, 4.69) is 5.32 Å². The van der Waals surface area contributed by atoms with Gasteiger partial charge in [-0.15, -0.1) is 0 Å². The van der Waals surface area contributed by atoms with Gasteiger partial charge in [-0.2, -0.15) is 0 Å². The lowest BCUT2D eigenvalue weighted by Crippen LogP contribution is -2.47. The van der Waals surface area contributed by atoms with Crippen LogP contribution in [0.2, 0.25) is 0 Å². The van der Waals surface area contributed by atoms with Crippen LogP contribution < -0.4 is 5.32 Å². The van der Waals surface area contributed by atoms with E-state index in [4.69, 9.17) is 5.11 Å². The molecule has 0 saturated carbocycles. The summed E-state index contributed by atoms with van der Waals surface area (Å²) in [5, 5.41) is 11.3.